The van der Waals surface area contributed by atoms with E-state index >= 15 is 0 Å². The monoisotopic (exact) mass is 443 g/mol. The van der Waals surface area contributed by atoms with E-state index in [-0.39, 0.29) is 11.8 Å². The fourth-order valence-corrected chi connectivity index (χ4v) is 5.06. The maximum Gasteiger partial charge on any atom is 0.255 e. The molecule has 33 heavy (non-hydrogen) atoms. The van der Waals surface area contributed by atoms with Crippen molar-refractivity contribution in [3.05, 3.63) is 71.4 Å². The first kappa shape index (κ1) is 21.7. The summed E-state index contributed by atoms with van der Waals surface area (Å²) in [6.45, 7) is 9.52. The van der Waals surface area contributed by atoms with Crippen molar-refractivity contribution in [3.8, 4) is 0 Å². The average Bonchev–Trinajstić information content (AvgIpc) is 3.17. The summed E-state index contributed by atoms with van der Waals surface area (Å²) in [7, 11) is 4.12. The van der Waals surface area contributed by atoms with E-state index in [1.165, 1.54) is 0 Å². The van der Waals surface area contributed by atoms with E-state index < -0.39 is 0 Å². The highest BCUT2D eigenvalue weighted by molar-refractivity contribution is 5.99. The lowest BCUT2D eigenvalue weighted by Crippen LogP contribution is -2.49. The molecular weight excluding hydrogens is 410 g/mol. The molecule has 5 rings (SSSR count). The fourth-order valence-electron chi connectivity index (χ4n) is 5.06. The predicted octanol–water partition coefficient (Wildman–Crippen LogP) is 4.06. The average molecular weight is 444 g/mol. The van der Waals surface area contributed by atoms with Gasteiger partial charge in [-0.15, -0.1) is 0 Å². The largest absolute Gasteiger partial charge is 0.367 e. The van der Waals surface area contributed by atoms with Crippen molar-refractivity contribution in [3.63, 3.8) is 0 Å². The van der Waals surface area contributed by atoms with Crippen LogP contribution in [0.25, 0.3) is 16.5 Å². The molecule has 1 aromatic carbocycles. The molecule has 3 aliphatic heterocycles. The number of rotatable bonds is 2. The number of hydrogen-bond acceptors (Lipinski definition) is 4. The number of allylic oxidation sites excluding steroid dienone is 4. The third-order valence-corrected chi connectivity index (χ3v) is 7.26. The van der Waals surface area contributed by atoms with Crippen molar-refractivity contribution < 1.29 is 4.79 Å². The quantitative estimate of drug-likeness (QED) is 0.702. The van der Waals surface area contributed by atoms with Crippen LogP contribution in [0.5, 0.6) is 0 Å². The highest BCUT2D eigenvalue weighted by Crippen LogP contribution is 2.34. The second-order valence-corrected chi connectivity index (χ2v) is 9.77. The van der Waals surface area contributed by atoms with Gasteiger partial charge < -0.3 is 9.80 Å². The standard InChI is InChI=1S/C27H33N5O/c1-18-6-7-23-8-9-24(31-11-10-29(4)20(3)15-31)17-32(23)26(33)14-25(18)21-12-19(2)27-22(13-21)16-30(5)28-27/h7-9,12-14,16-18,20H,6,10-11,15H2,1-5H3. The Morgan fingerprint density at radius 3 is 2.64 bits per heavy atom. The summed E-state index contributed by atoms with van der Waals surface area (Å²) >= 11 is 0. The van der Waals surface area contributed by atoms with E-state index in [0.717, 1.165) is 65.1 Å². The maximum absolute atomic E-state index is 13.5. The van der Waals surface area contributed by atoms with Crippen LogP contribution in [0, 0.1) is 12.8 Å². The molecular formula is C27H33N5O. The molecule has 0 aliphatic carbocycles. The summed E-state index contributed by atoms with van der Waals surface area (Å²) in [5, 5.41) is 5.68. The SMILES string of the molecule is Cc1cc(C2=CC(=O)N3C=C(N4CCN(C)C(C)C4)C=CC3=CCC2C)cc2cn(C)nc12. The maximum atomic E-state index is 13.5. The highest BCUT2D eigenvalue weighted by atomic mass is 16.2. The molecule has 1 amide bonds. The van der Waals surface area contributed by atoms with Crippen LogP contribution in [0.15, 0.2) is 60.2 Å². The van der Waals surface area contributed by atoms with Gasteiger partial charge in [-0.25, -0.2) is 0 Å². The number of amides is 1. The number of aryl methyl sites for hydroxylation is 2. The van der Waals surface area contributed by atoms with Crippen LogP contribution in [-0.4, -0.2) is 63.1 Å². The molecule has 6 nitrogen and oxygen atoms in total. The van der Waals surface area contributed by atoms with E-state index in [2.05, 4.69) is 73.1 Å². The minimum atomic E-state index is 0.00997. The molecule has 1 saturated heterocycles. The first-order chi connectivity index (χ1) is 15.8. The number of likely N-dealkylation sites (N-methyl/N-ethyl adjacent to an activating group) is 1. The zero-order valence-corrected chi connectivity index (χ0v) is 20.2. The molecule has 0 saturated carbocycles. The summed E-state index contributed by atoms with van der Waals surface area (Å²) < 4.78 is 1.85. The van der Waals surface area contributed by atoms with Crippen molar-refractivity contribution in [2.24, 2.45) is 13.0 Å². The molecule has 2 atom stereocenters. The van der Waals surface area contributed by atoms with Gasteiger partial charge in [0.2, 0.25) is 0 Å². The molecule has 6 heteroatoms. The lowest BCUT2D eigenvalue weighted by molar-refractivity contribution is -0.122. The third kappa shape index (κ3) is 4.04. The third-order valence-electron chi connectivity index (χ3n) is 7.26. The summed E-state index contributed by atoms with van der Waals surface area (Å²) in [5.41, 5.74) is 6.42. The molecule has 0 spiro atoms. The van der Waals surface area contributed by atoms with Crippen LogP contribution in [0.3, 0.4) is 0 Å². The van der Waals surface area contributed by atoms with Gasteiger partial charge in [-0.1, -0.05) is 13.0 Å². The van der Waals surface area contributed by atoms with Gasteiger partial charge in [-0.3, -0.25) is 14.4 Å². The number of nitrogens with zero attached hydrogens (tertiary/aromatic N) is 5. The Bertz CT molecular complexity index is 1230. The topological polar surface area (TPSA) is 44.6 Å². The number of fused-ring (bicyclic) bond motifs is 2. The normalized spacial score (nSPS) is 24.3. The number of carbonyl (C=O) groups excluding carboxylic acids is 1. The van der Waals surface area contributed by atoms with Gasteiger partial charge in [0.15, 0.2) is 0 Å². The van der Waals surface area contributed by atoms with E-state index in [1.54, 1.807) is 0 Å². The van der Waals surface area contributed by atoms with Crippen molar-refractivity contribution >= 4 is 22.4 Å². The van der Waals surface area contributed by atoms with Crippen LogP contribution in [-0.2, 0) is 11.8 Å². The minimum absolute atomic E-state index is 0.00997. The van der Waals surface area contributed by atoms with Gasteiger partial charge in [0, 0.05) is 62.3 Å². The minimum Gasteiger partial charge on any atom is -0.367 e. The zero-order valence-electron chi connectivity index (χ0n) is 20.2. The second kappa shape index (κ2) is 8.34. The number of hydrogen-bond donors (Lipinski definition) is 0. The number of aromatic nitrogens is 2. The molecule has 0 radical (unpaired) electrons. The first-order valence-corrected chi connectivity index (χ1v) is 11.8. The van der Waals surface area contributed by atoms with E-state index in [4.69, 9.17) is 0 Å². The molecule has 0 N–H and O–H groups in total. The zero-order chi connectivity index (χ0) is 23.3. The predicted molar refractivity (Wildman–Crippen MR) is 133 cm³/mol. The van der Waals surface area contributed by atoms with Crippen LogP contribution >= 0.6 is 0 Å². The van der Waals surface area contributed by atoms with Gasteiger partial charge >= 0.3 is 0 Å². The summed E-state index contributed by atoms with van der Waals surface area (Å²) in [6, 6.07) is 4.83. The number of piperazine rings is 1. The molecule has 1 fully saturated rings. The fraction of sp³-hybridized carbons (Fsp3) is 0.407. The molecule has 1 aromatic heterocycles. The van der Waals surface area contributed by atoms with Gasteiger partial charge in [0.1, 0.15) is 0 Å². The second-order valence-electron chi connectivity index (χ2n) is 9.77. The first-order valence-electron chi connectivity index (χ1n) is 11.8. The molecule has 172 valence electrons. The van der Waals surface area contributed by atoms with Crippen LogP contribution in [0.1, 0.15) is 31.4 Å². The summed E-state index contributed by atoms with van der Waals surface area (Å²) in [5.74, 6) is 0.255. The lowest BCUT2D eigenvalue weighted by atomic mass is 9.88. The molecule has 2 aromatic rings. The highest BCUT2D eigenvalue weighted by Gasteiger charge is 2.27. The molecule has 4 heterocycles. The van der Waals surface area contributed by atoms with Gasteiger partial charge in [-0.05, 0) is 74.2 Å². The van der Waals surface area contributed by atoms with Gasteiger partial charge in [0.05, 0.1) is 11.2 Å². The molecule has 3 aliphatic rings. The van der Waals surface area contributed by atoms with E-state index in [1.807, 2.05) is 35.1 Å². The Morgan fingerprint density at radius 1 is 1.06 bits per heavy atom. The van der Waals surface area contributed by atoms with Crippen LogP contribution in [0.2, 0.25) is 0 Å². The Morgan fingerprint density at radius 2 is 1.85 bits per heavy atom. The lowest BCUT2D eigenvalue weighted by Gasteiger charge is -2.40. The van der Waals surface area contributed by atoms with Crippen molar-refractivity contribution in [2.75, 3.05) is 26.7 Å². The van der Waals surface area contributed by atoms with Gasteiger partial charge in [0.25, 0.3) is 5.91 Å². The Hall–Kier alpha value is -3.12. The summed E-state index contributed by atoms with van der Waals surface area (Å²) in [4.78, 5) is 20.1. The Balaban J connectivity index is 1.48. The van der Waals surface area contributed by atoms with Crippen molar-refractivity contribution in [2.45, 2.75) is 33.2 Å². The van der Waals surface area contributed by atoms with Crippen LogP contribution < -0.4 is 0 Å². The van der Waals surface area contributed by atoms with E-state index in [0.29, 0.717) is 6.04 Å². The van der Waals surface area contributed by atoms with Crippen LogP contribution in [0.4, 0.5) is 0 Å². The number of benzene rings is 1. The van der Waals surface area contributed by atoms with E-state index in [9.17, 15) is 4.79 Å². The van der Waals surface area contributed by atoms with Crippen molar-refractivity contribution in [1.82, 2.24) is 24.5 Å². The molecule has 0 bridgehead atoms. The Labute approximate surface area is 196 Å². The molecule has 2 unspecified atom stereocenters. The Kier molecular flexibility index (Phi) is 5.49. The summed E-state index contributed by atoms with van der Waals surface area (Å²) in [6.07, 6.45) is 13.2. The number of carbonyl (C=O) groups is 1. The van der Waals surface area contributed by atoms with Crippen molar-refractivity contribution in [1.29, 1.82) is 0 Å². The van der Waals surface area contributed by atoms with Gasteiger partial charge in [-0.2, -0.15) is 5.10 Å². The smallest absolute Gasteiger partial charge is 0.255 e.